The Kier molecular flexibility index (Phi) is 7.68. The van der Waals surface area contributed by atoms with Gasteiger partial charge in [0.15, 0.2) is 0 Å². The normalized spacial score (nSPS) is 20.6. The lowest BCUT2D eigenvalue weighted by atomic mass is 10.1. The number of carbonyl (C=O) groups is 2. The van der Waals surface area contributed by atoms with E-state index in [0.717, 1.165) is 32.5 Å². The molecule has 0 aromatic heterocycles. The third-order valence-electron chi connectivity index (χ3n) is 5.64. The topological polar surface area (TPSA) is 65.1 Å². The van der Waals surface area contributed by atoms with Crippen molar-refractivity contribution in [1.82, 2.24) is 20.0 Å². The van der Waals surface area contributed by atoms with Crippen molar-refractivity contribution in [3.05, 3.63) is 35.9 Å². The Morgan fingerprint density at radius 1 is 1.18 bits per heavy atom. The number of likely N-dealkylation sites (tertiary alicyclic amines) is 1. The molecule has 0 aliphatic carbocycles. The Morgan fingerprint density at radius 2 is 2.00 bits per heavy atom. The number of amides is 3. The van der Waals surface area contributed by atoms with Crippen LogP contribution in [0.4, 0.5) is 4.79 Å². The zero-order chi connectivity index (χ0) is 19.8. The van der Waals surface area contributed by atoms with Crippen molar-refractivity contribution in [1.29, 1.82) is 0 Å². The number of rotatable bonds is 8. The zero-order valence-electron chi connectivity index (χ0n) is 16.8. The Labute approximate surface area is 167 Å². The van der Waals surface area contributed by atoms with Crippen molar-refractivity contribution in [2.24, 2.45) is 5.92 Å². The molecule has 2 aliphatic heterocycles. The predicted octanol–water partition coefficient (Wildman–Crippen LogP) is 1.05. The molecule has 1 N–H and O–H groups in total. The highest BCUT2D eigenvalue weighted by molar-refractivity contribution is 5.85. The molecule has 1 aromatic carbocycles. The molecule has 1 atom stereocenters. The van der Waals surface area contributed by atoms with Crippen LogP contribution < -0.4 is 5.32 Å². The fourth-order valence-electron chi connectivity index (χ4n) is 3.88. The average Bonchev–Trinajstić information content (AvgIpc) is 3.18. The summed E-state index contributed by atoms with van der Waals surface area (Å²) in [7, 11) is 1.62. The van der Waals surface area contributed by atoms with Crippen LogP contribution in [0.3, 0.4) is 0 Å². The Hall–Kier alpha value is -2.12. The summed E-state index contributed by atoms with van der Waals surface area (Å²) >= 11 is 0. The number of hydrogen-bond donors (Lipinski definition) is 1. The first kappa shape index (κ1) is 20.6. The maximum absolute atomic E-state index is 12.4. The quantitative estimate of drug-likeness (QED) is 0.723. The van der Waals surface area contributed by atoms with E-state index in [9.17, 15) is 9.59 Å². The molecule has 3 amide bonds. The standard InChI is InChI=1S/C21H32N4O3/c1-28-14-13-24-11-12-25(17-20(24)26)21(27)22-15-19-8-10-23(16-19)9-7-18-5-3-2-4-6-18/h2-6,19H,7-17H2,1H3,(H,22,27). The molecule has 3 rings (SSSR count). The zero-order valence-corrected chi connectivity index (χ0v) is 16.8. The van der Waals surface area contributed by atoms with Gasteiger partial charge >= 0.3 is 6.03 Å². The second-order valence-electron chi connectivity index (χ2n) is 7.67. The lowest BCUT2D eigenvalue weighted by molar-refractivity contribution is -0.135. The summed E-state index contributed by atoms with van der Waals surface area (Å²) in [6.45, 7) is 6.28. The Morgan fingerprint density at radius 3 is 2.75 bits per heavy atom. The Bertz CT molecular complexity index is 640. The number of ether oxygens (including phenoxy) is 1. The number of urea groups is 1. The minimum Gasteiger partial charge on any atom is -0.383 e. The van der Waals surface area contributed by atoms with Crippen LogP contribution in [-0.4, -0.2) is 92.7 Å². The van der Waals surface area contributed by atoms with Gasteiger partial charge in [-0.05, 0) is 30.9 Å². The van der Waals surface area contributed by atoms with Gasteiger partial charge in [0.2, 0.25) is 5.91 Å². The number of carbonyl (C=O) groups excluding carboxylic acids is 2. The lowest BCUT2D eigenvalue weighted by Gasteiger charge is -2.34. The van der Waals surface area contributed by atoms with Crippen molar-refractivity contribution in [2.75, 3.05) is 66.1 Å². The maximum Gasteiger partial charge on any atom is 0.317 e. The van der Waals surface area contributed by atoms with Crippen LogP contribution in [0.2, 0.25) is 0 Å². The molecule has 0 spiro atoms. The molecule has 2 fully saturated rings. The van der Waals surface area contributed by atoms with Crippen molar-refractivity contribution >= 4 is 11.9 Å². The summed E-state index contributed by atoms with van der Waals surface area (Å²) in [6.07, 6.45) is 2.17. The largest absolute Gasteiger partial charge is 0.383 e. The van der Waals surface area contributed by atoms with Gasteiger partial charge in [0, 0.05) is 46.4 Å². The maximum atomic E-state index is 12.4. The van der Waals surface area contributed by atoms with E-state index in [1.165, 1.54) is 5.56 Å². The van der Waals surface area contributed by atoms with Gasteiger partial charge in [-0.25, -0.2) is 4.79 Å². The fourth-order valence-corrected chi connectivity index (χ4v) is 3.88. The van der Waals surface area contributed by atoms with Crippen molar-refractivity contribution in [3.8, 4) is 0 Å². The number of methoxy groups -OCH3 is 1. The van der Waals surface area contributed by atoms with Gasteiger partial charge in [-0.3, -0.25) is 4.79 Å². The molecule has 0 saturated carbocycles. The van der Waals surface area contributed by atoms with E-state index in [1.54, 1.807) is 16.9 Å². The summed E-state index contributed by atoms with van der Waals surface area (Å²) in [5.41, 5.74) is 1.37. The summed E-state index contributed by atoms with van der Waals surface area (Å²) in [5, 5.41) is 3.03. The first-order valence-corrected chi connectivity index (χ1v) is 10.2. The summed E-state index contributed by atoms with van der Waals surface area (Å²) in [5.74, 6) is 0.477. The van der Waals surface area contributed by atoms with Gasteiger partial charge in [0.05, 0.1) is 6.61 Å². The fraction of sp³-hybridized carbons (Fsp3) is 0.619. The highest BCUT2D eigenvalue weighted by Crippen LogP contribution is 2.16. The number of benzene rings is 1. The van der Waals surface area contributed by atoms with E-state index < -0.39 is 0 Å². The third kappa shape index (κ3) is 5.94. The molecule has 2 aliphatic rings. The summed E-state index contributed by atoms with van der Waals surface area (Å²) < 4.78 is 5.02. The van der Waals surface area contributed by atoms with Crippen LogP contribution in [0.5, 0.6) is 0 Å². The van der Waals surface area contributed by atoms with Gasteiger partial charge in [-0.15, -0.1) is 0 Å². The first-order valence-electron chi connectivity index (χ1n) is 10.2. The van der Waals surface area contributed by atoms with Crippen LogP contribution in [0, 0.1) is 5.92 Å². The van der Waals surface area contributed by atoms with Crippen LogP contribution in [0.15, 0.2) is 30.3 Å². The first-order chi connectivity index (χ1) is 13.7. The minimum atomic E-state index is -0.123. The number of hydrogen-bond acceptors (Lipinski definition) is 4. The number of nitrogens with zero attached hydrogens (tertiary/aromatic N) is 3. The molecule has 0 bridgehead atoms. The molecule has 28 heavy (non-hydrogen) atoms. The van der Waals surface area contributed by atoms with Crippen molar-refractivity contribution in [3.63, 3.8) is 0 Å². The Balaban J connectivity index is 1.33. The van der Waals surface area contributed by atoms with Crippen molar-refractivity contribution in [2.45, 2.75) is 12.8 Å². The molecule has 0 radical (unpaired) electrons. The average molecular weight is 389 g/mol. The molecular weight excluding hydrogens is 356 g/mol. The van der Waals surface area contributed by atoms with Crippen LogP contribution in [-0.2, 0) is 16.0 Å². The van der Waals surface area contributed by atoms with E-state index in [-0.39, 0.29) is 18.5 Å². The van der Waals surface area contributed by atoms with Crippen LogP contribution in [0.25, 0.3) is 0 Å². The lowest BCUT2D eigenvalue weighted by Crippen LogP contribution is -2.55. The van der Waals surface area contributed by atoms with E-state index >= 15 is 0 Å². The van der Waals surface area contributed by atoms with Crippen LogP contribution >= 0.6 is 0 Å². The predicted molar refractivity (Wildman–Crippen MR) is 108 cm³/mol. The number of nitrogens with one attached hydrogen (secondary N) is 1. The summed E-state index contributed by atoms with van der Waals surface area (Å²) in [4.78, 5) is 30.4. The number of piperazine rings is 1. The van der Waals surface area contributed by atoms with Gasteiger partial charge in [0.25, 0.3) is 0 Å². The molecular formula is C21H32N4O3. The smallest absolute Gasteiger partial charge is 0.317 e. The van der Waals surface area contributed by atoms with E-state index in [0.29, 0.717) is 38.7 Å². The monoisotopic (exact) mass is 388 g/mol. The molecule has 7 heteroatoms. The van der Waals surface area contributed by atoms with Gasteiger partial charge in [-0.2, -0.15) is 0 Å². The van der Waals surface area contributed by atoms with Gasteiger partial charge < -0.3 is 24.8 Å². The van der Waals surface area contributed by atoms with E-state index in [2.05, 4.69) is 34.5 Å². The molecule has 7 nitrogen and oxygen atoms in total. The molecule has 2 saturated heterocycles. The van der Waals surface area contributed by atoms with Crippen LogP contribution in [0.1, 0.15) is 12.0 Å². The second-order valence-corrected chi connectivity index (χ2v) is 7.67. The molecule has 1 aromatic rings. The minimum absolute atomic E-state index is 0.00796. The van der Waals surface area contributed by atoms with E-state index in [4.69, 9.17) is 4.74 Å². The highest BCUT2D eigenvalue weighted by Gasteiger charge is 2.28. The molecule has 2 heterocycles. The molecule has 154 valence electrons. The van der Waals surface area contributed by atoms with Gasteiger partial charge in [-0.1, -0.05) is 30.3 Å². The van der Waals surface area contributed by atoms with Gasteiger partial charge in [0.1, 0.15) is 6.54 Å². The molecule has 1 unspecified atom stereocenters. The van der Waals surface area contributed by atoms with Crippen molar-refractivity contribution < 1.29 is 14.3 Å². The van der Waals surface area contributed by atoms with E-state index in [1.807, 2.05) is 6.07 Å². The second kappa shape index (κ2) is 10.4. The SMILES string of the molecule is COCCN1CCN(C(=O)NCC2CCN(CCc3ccccc3)C2)CC1=O. The third-order valence-corrected chi connectivity index (χ3v) is 5.64. The highest BCUT2D eigenvalue weighted by atomic mass is 16.5. The summed E-state index contributed by atoms with van der Waals surface area (Å²) in [6, 6.07) is 10.4.